The highest BCUT2D eigenvalue weighted by molar-refractivity contribution is 5.55. The number of rotatable bonds is 3. The molecule has 1 fully saturated rings. The van der Waals surface area contributed by atoms with E-state index in [0.29, 0.717) is 6.04 Å². The Bertz CT molecular complexity index is 373. The van der Waals surface area contributed by atoms with Gasteiger partial charge in [-0.1, -0.05) is 25.1 Å². The summed E-state index contributed by atoms with van der Waals surface area (Å²) in [6, 6.07) is 9.59. The summed E-state index contributed by atoms with van der Waals surface area (Å²) in [7, 11) is 0. The van der Waals surface area contributed by atoms with Crippen LogP contribution in [-0.4, -0.2) is 18.6 Å². The molecule has 0 radical (unpaired) electrons. The van der Waals surface area contributed by atoms with Crippen LogP contribution in [0.2, 0.25) is 0 Å². The quantitative estimate of drug-likeness (QED) is 0.868. The molecule has 2 rings (SSSR count). The van der Waals surface area contributed by atoms with Gasteiger partial charge in [-0.15, -0.1) is 0 Å². The smallest absolute Gasteiger partial charge is 0.0401 e. The molecule has 1 saturated heterocycles. The van der Waals surface area contributed by atoms with Gasteiger partial charge in [0, 0.05) is 24.3 Å². The fourth-order valence-corrected chi connectivity index (χ4v) is 2.95. The minimum Gasteiger partial charge on any atom is -0.368 e. The first-order chi connectivity index (χ1) is 8.08. The average molecular weight is 232 g/mol. The lowest BCUT2D eigenvalue weighted by Crippen LogP contribution is -2.29. The number of anilines is 1. The maximum absolute atomic E-state index is 5.94. The lowest BCUT2D eigenvalue weighted by Gasteiger charge is -2.27. The zero-order valence-electron chi connectivity index (χ0n) is 11.2. The largest absolute Gasteiger partial charge is 0.368 e. The Balaban J connectivity index is 2.25. The molecule has 0 saturated carbocycles. The van der Waals surface area contributed by atoms with Crippen molar-refractivity contribution in [2.75, 3.05) is 11.4 Å². The Morgan fingerprint density at radius 1 is 1.35 bits per heavy atom. The van der Waals surface area contributed by atoms with Gasteiger partial charge in [0.15, 0.2) is 0 Å². The highest BCUT2D eigenvalue weighted by atomic mass is 15.2. The van der Waals surface area contributed by atoms with Crippen molar-refractivity contribution in [1.29, 1.82) is 0 Å². The molecule has 0 amide bonds. The molecule has 1 aliphatic heterocycles. The summed E-state index contributed by atoms with van der Waals surface area (Å²) in [6.07, 6.45) is 2.26. The van der Waals surface area contributed by atoms with E-state index >= 15 is 0 Å². The van der Waals surface area contributed by atoms with Crippen molar-refractivity contribution in [2.45, 2.75) is 45.7 Å². The Kier molecular flexibility index (Phi) is 3.72. The van der Waals surface area contributed by atoms with Crippen molar-refractivity contribution >= 4 is 5.69 Å². The van der Waals surface area contributed by atoms with E-state index in [9.17, 15) is 0 Å². The van der Waals surface area contributed by atoms with Crippen molar-refractivity contribution in [3.63, 3.8) is 0 Å². The van der Waals surface area contributed by atoms with Gasteiger partial charge in [0.2, 0.25) is 0 Å². The molecule has 1 aromatic rings. The van der Waals surface area contributed by atoms with E-state index in [0.717, 1.165) is 12.3 Å². The summed E-state index contributed by atoms with van der Waals surface area (Å²) in [4.78, 5) is 2.54. The van der Waals surface area contributed by atoms with Crippen LogP contribution >= 0.6 is 0 Å². The van der Waals surface area contributed by atoms with Gasteiger partial charge in [-0.2, -0.15) is 0 Å². The van der Waals surface area contributed by atoms with Crippen LogP contribution in [0, 0.1) is 5.92 Å². The second-order valence-corrected chi connectivity index (χ2v) is 5.65. The number of hydrogen-bond donors (Lipinski definition) is 1. The van der Waals surface area contributed by atoms with Crippen molar-refractivity contribution in [3.8, 4) is 0 Å². The summed E-state index contributed by atoms with van der Waals surface area (Å²) in [5, 5.41) is 0. The molecular formula is C15H24N2. The molecule has 0 bridgehead atoms. The second kappa shape index (κ2) is 5.09. The van der Waals surface area contributed by atoms with E-state index in [4.69, 9.17) is 5.73 Å². The third-order valence-corrected chi connectivity index (χ3v) is 3.63. The number of para-hydroxylation sites is 1. The maximum atomic E-state index is 5.94. The van der Waals surface area contributed by atoms with Crippen LogP contribution in [0.4, 0.5) is 5.69 Å². The van der Waals surface area contributed by atoms with Gasteiger partial charge in [0.1, 0.15) is 0 Å². The zero-order chi connectivity index (χ0) is 12.4. The van der Waals surface area contributed by atoms with Crippen LogP contribution in [0.25, 0.3) is 0 Å². The maximum Gasteiger partial charge on any atom is 0.0401 e. The van der Waals surface area contributed by atoms with Crippen molar-refractivity contribution in [3.05, 3.63) is 29.8 Å². The van der Waals surface area contributed by atoms with Crippen LogP contribution in [0.15, 0.2) is 24.3 Å². The molecule has 94 valence electrons. The lowest BCUT2D eigenvalue weighted by molar-refractivity contribution is 0.625. The molecule has 2 nitrogen and oxygen atoms in total. The van der Waals surface area contributed by atoms with Crippen molar-refractivity contribution in [1.82, 2.24) is 0 Å². The zero-order valence-corrected chi connectivity index (χ0v) is 11.2. The van der Waals surface area contributed by atoms with Gasteiger partial charge in [0.05, 0.1) is 0 Å². The molecule has 1 aromatic carbocycles. The standard InChI is InChI=1S/C15H24N2/c1-11-8-13(3)17(10-11)15-7-5-4-6-14(15)9-12(2)16/h4-7,11-13H,8-10,16H2,1-3H3. The molecule has 2 N–H and O–H groups in total. The fraction of sp³-hybridized carbons (Fsp3) is 0.600. The first-order valence-corrected chi connectivity index (χ1v) is 6.68. The van der Waals surface area contributed by atoms with Gasteiger partial charge in [-0.3, -0.25) is 0 Å². The van der Waals surface area contributed by atoms with E-state index in [-0.39, 0.29) is 6.04 Å². The third kappa shape index (κ3) is 2.81. The van der Waals surface area contributed by atoms with Crippen LogP contribution in [0.1, 0.15) is 32.8 Å². The summed E-state index contributed by atoms with van der Waals surface area (Å²) < 4.78 is 0. The molecule has 2 heteroatoms. The van der Waals surface area contributed by atoms with E-state index in [1.54, 1.807) is 0 Å². The summed E-state index contributed by atoms with van der Waals surface area (Å²) in [6.45, 7) is 7.92. The van der Waals surface area contributed by atoms with E-state index in [2.05, 4.69) is 49.9 Å². The molecule has 17 heavy (non-hydrogen) atoms. The number of nitrogens with two attached hydrogens (primary N) is 1. The number of nitrogens with zero attached hydrogens (tertiary/aromatic N) is 1. The van der Waals surface area contributed by atoms with Gasteiger partial charge in [-0.05, 0) is 44.2 Å². The van der Waals surface area contributed by atoms with E-state index in [1.165, 1.54) is 24.2 Å². The van der Waals surface area contributed by atoms with Gasteiger partial charge < -0.3 is 10.6 Å². The van der Waals surface area contributed by atoms with Crippen LogP contribution in [-0.2, 0) is 6.42 Å². The topological polar surface area (TPSA) is 29.3 Å². The molecule has 3 unspecified atom stereocenters. The minimum absolute atomic E-state index is 0.228. The lowest BCUT2D eigenvalue weighted by atomic mass is 10.0. The van der Waals surface area contributed by atoms with Gasteiger partial charge in [-0.25, -0.2) is 0 Å². The number of benzene rings is 1. The summed E-state index contributed by atoms with van der Waals surface area (Å²) >= 11 is 0. The monoisotopic (exact) mass is 232 g/mol. The predicted molar refractivity (Wildman–Crippen MR) is 74.4 cm³/mol. The van der Waals surface area contributed by atoms with Crippen molar-refractivity contribution < 1.29 is 0 Å². The molecule has 0 spiro atoms. The Morgan fingerprint density at radius 2 is 2.06 bits per heavy atom. The highest BCUT2D eigenvalue weighted by Gasteiger charge is 2.27. The molecule has 3 atom stereocenters. The first-order valence-electron chi connectivity index (χ1n) is 6.68. The molecule has 0 aromatic heterocycles. The highest BCUT2D eigenvalue weighted by Crippen LogP contribution is 2.31. The molecular weight excluding hydrogens is 208 g/mol. The normalized spacial score (nSPS) is 26.2. The molecule has 1 aliphatic rings. The van der Waals surface area contributed by atoms with Crippen molar-refractivity contribution in [2.24, 2.45) is 11.7 Å². The summed E-state index contributed by atoms with van der Waals surface area (Å²) in [5.74, 6) is 0.799. The SMILES string of the molecule is CC(N)Cc1ccccc1N1CC(C)CC1C. The number of hydrogen-bond acceptors (Lipinski definition) is 2. The molecule has 1 heterocycles. The fourth-order valence-electron chi connectivity index (χ4n) is 2.95. The first kappa shape index (κ1) is 12.4. The average Bonchev–Trinajstić information content (AvgIpc) is 2.58. The Labute approximate surface area is 105 Å². The molecule has 0 aliphatic carbocycles. The summed E-state index contributed by atoms with van der Waals surface area (Å²) in [5.41, 5.74) is 8.72. The van der Waals surface area contributed by atoms with Gasteiger partial charge in [0.25, 0.3) is 0 Å². The van der Waals surface area contributed by atoms with Crippen LogP contribution < -0.4 is 10.6 Å². The van der Waals surface area contributed by atoms with Crippen LogP contribution in [0.5, 0.6) is 0 Å². The third-order valence-electron chi connectivity index (χ3n) is 3.63. The van der Waals surface area contributed by atoms with Gasteiger partial charge >= 0.3 is 0 Å². The Hall–Kier alpha value is -1.02. The minimum atomic E-state index is 0.228. The van der Waals surface area contributed by atoms with E-state index in [1.807, 2.05) is 0 Å². The van der Waals surface area contributed by atoms with E-state index < -0.39 is 0 Å². The Morgan fingerprint density at radius 3 is 2.65 bits per heavy atom. The second-order valence-electron chi connectivity index (χ2n) is 5.65. The predicted octanol–water partition coefficient (Wildman–Crippen LogP) is 2.81. The van der Waals surface area contributed by atoms with Crippen LogP contribution in [0.3, 0.4) is 0 Å².